The van der Waals surface area contributed by atoms with Gasteiger partial charge in [0, 0.05) is 20.1 Å². The van der Waals surface area contributed by atoms with Gasteiger partial charge in [0.1, 0.15) is 0 Å². The van der Waals surface area contributed by atoms with Crippen LogP contribution in [0.25, 0.3) is 0 Å². The Kier molecular flexibility index (Phi) is 2.86. The smallest absolute Gasteiger partial charge is 0.218 e. The number of hydrogen-bond donors (Lipinski definition) is 0. The van der Waals surface area contributed by atoms with E-state index >= 15 is 0 Å². The zero-order valence-electron chi connectivity index (χ0n) is 10.4. The first kappa shape index (κ1) is 12.0. The molecule has 1 saturated carbocycles. The van der Waals surface area contributed by atoms with Crippen molar-refractivity contribution in [2.75, 3.05) is 13.1 Å². The second-order valence-electron chi connectivity index (χ2n) is 5.19. The molecule has 0 spiro atoms. The van der Waals surface area contributed by atoms with Crippen molar-refractivity contribution in [3.05, 3.63) is 0 Å². The lowest BCUT2D eigenvalue weighted by atomic mass is 9.95. The topological polar surface area (TPSA) is 81.0 Å². The maximum Gasteiger partial charge on any atom is 0.282 e. The number of nitrogens with zero attached hydrogens (tertiary/aromatic N) is 5. The lowest BCUT2D eigenvalue weighted by Gasteiger charge is -2.31. The van der Waals surface area contributed by atoms with Crippen LogP contribution in [0.3, 0.4) is 0 Å². The molecule has 2 heterocycles. The van der Waals surface area contributed by atoms with E-state index in [0.717, 1.165) is 18.8 Å². The van der Waals surface area contributed by atoms with E-state index in [4.69, 9.17) is 0 Å². The Morgan fingerprint density at radius 2 is 2.00 bits per heavy atom. The molecule has 0 bridgehead atoms. The molecule has 1 aromatic rings. The maximum atomic E-state index is 12.4. The van der Waals surface area contributed by atoms with E-state index < -0.39 is 10.0 Å². The number of aromatic nitrogens is 4. The number of aryl methyl sites for hydroxylation is 1. The van der Waals surface area contributed by atoms with Crippen molar-refractivity contribution < 1.29 is 8.42 Å². The second kappa shape index (κ2) is 4.27. The third-order valence-corrected chi connectivity index (χ3v) is 5.68. The van der Waals surface area contributed by atoms with Crippen molar-refractivity contribution in [2.24, 2.45) is 18.9 Å². The van der Waals surface area contributed by atoms with Crippen LogP contribution < -0.4 is 0 Å². The average molecular weight is 271 g/mol. The van der Waals surface area contributed by atoms with E-state index in [1.165, 1.54) is 17.5 Å². The van der Waals surface area contributed by atoms with E-state index in [-0.39, 0.29) is 5.16 Å². The molecule has 1 saturated heterocycles. The first-order valence-electron chi connectivity index (χ1n) is 6.31. The van der Waals surface area contributed by atoms with Crippen LogP contribution in [0.5, 0.6) is 0 Å². The molecule has 1 aliphatic heterocycles. The zero-order valence-corrected chi connectivity index (χ0v) is 11.2. The fraction of sp³-hybridized carbons (Fsp3) is 0.900. The van der Waals surface area contributed by atoms with Crippen molar-refractivity contribution in [3.63, 3.8) is 0 Å². The van der Waals surface area contributed by atoms with E-state index in [1.54, 1.807) is 11.4 Å². The van der Waals surface area contributed by atoms with Crippen LogP contribution >= 0.6 is 0 Å². The van der Waals surface area contributed by atoms with Gasteiger partial charge in [-0.1, -0.05) is 5.10 Å². The average Bonchev–Trinajstić information content (AvgIpc) is 3.12. The summed E-state index contributed by atoms with van der Waals surface area (Å²) in [4.78, 5) is 0. The van der Waals surface area contributed by atoms with Crippen LogP contribution in [0.15, 0.2) is 5.16 Å². The fourth-order valence-electron chi connectivity index (χ4n) is 2.70. The van der Waals surface area contributed by atoms with Crippen LogP contribution in [-0.4, -0.2) is 46.0 Å². The van der Waals surface area contributed by atoms with Gasteiger partial charge in [-0.05, 0) is 47.9 Å². The molecule has 18 heavy (non-hydrogen) atoms. The molecular formula is C10H17N5O2S. The van der Waals surface area contributed by atoms with Crippen molar-refractivity contribution >= 4 is 10.0 Å². The minimum atomic E-state index is -3.53. The molecule has 3 rings (SSSR count). The van der Waals surface area contributed by atoms with Gasteiger partial charge in [0.2, 0.25) is 0 Å². The Morgan fingerprint density at radius 1 is 1.22 bits per heavy atom. The molecule has 7 nitrogen and oxygen atoms in total. The quantitative estimate of drug-likeness (QED) is 0.774. The summed E-state index contributed by atoms with van der Waals surface area (Å²) < 4.78 is 27.6. The van der Waals surface area contributed by atoms with Gasteiger partial charge in [-0.25, -0.2) is 13.1 Å². The van der Waals surface area contributed by atoms with E-state index in [2.05, 4.69) is 15.5 Å². The molecular weight excluding hydrogens is 254 g/mol. The van der Waals surface area contributed by atoms with Crippen molar-refractivity contribution in [3.8, 4) is 0 Å². The summed E-state index contributed by atoms with van der Waals surface area (Å²) in [7, 11) is -1.98. The van der Waals surface area contributed by atoms with Crippen LogP contribution in [-0.2, 0) is 17.1 Å². The molecule has 1 aliphatic carbocycles. The van der Waals surface area contributed by atoms with Crippen molar-refractivity contribution in [2.45, 2.75) is 30.8 Å². The molecule has 1 aromatic heterocycles. The molecule has 2 fully saturated rings. The summed E-state index contributed by atoms with van der Waals surface area (Å²) in [6, 6.07) is 0. The fourth-order valence-corrected chi connectivity index (χ4v) is 4.20. The van der Waals surface area contributed by atoms with Crippen molar-refractivity contribution in [1.29, 1.82) is 0 Å². The number of hydrogen-bond acceptors (Lipinski definition) is 5. The minimum absolute atomic E-state index is 0.0565. The van der Waals surface area contributed by atoms with Gasteiger partial charge in [-0.3, -0.25) is 0 Å². The molecule has 0 radical (unpaired) electrons. The predicted molar refractivity (Wildman–Crippen MR) is 63.0 cm³/mol. The van der Waals surface area contributed by atoms with Crippen LogP contribution in [0.4, 0.5) is 0 Å². The summed E-state index contributed by atoms with van der Waals surface area (Å²) in [5.41, 5.74) is 0. The zero-order chi connectivity index (χ0) is 12.8. The van der Waals surface area contributed by atoms with E-state index in [9.17, 15) is 8.42 Å². The molecule has 1 atom stereocenters. The monoisotopic (exact) mass is 271 g/mol. The van der Waals surface area contributed by atoms with Crippen molar-refractivity contribution in [1.82, 2.24) is 24.5 Å². The molecule has 0 amide bonds. The maximum absolute atomic E-state index is 12.4. The van der Waals surface area contributed by atoms with Gasteiger partial charge in [-0.15, -0.1) is 0 Å². The predicted octanol–water partition coefficient (Wildman–Crippen LogP) is 0.0208. The van der Waals surface area contributed by atoms with Crippen LogP contribution in [0.2, 0.25) is 0 Å². The summed E-state index contributed by atoms with van der Waals surface area (Å²) >= 11 is 0. The van der Waals surface area contributed by atoms with Crippen LogP contribution in [0.1, 0.15) is 25.7 Å². The third kappa shape index (κ3) is 2.03. The highest BCUT2D eigenvalue weighted by Gasteiger charge is 2.39. The Morgan fingerprint density at radius 3 is 2.61 bits per heavy atom. The van der Waals surface area contributed by atoms with Gasteiger partial charge in [-0.2, -0.15) is 4.31 Å². The molecule has 1 unspecified atom stereocenters. The number of rotatable bonds is 3. The minimum Gasteiger partial charge on any atom is -0.218 e. The third-order valence-electron chi connectivity index (χ3n) is 3.86. The Bertz CT molecular complexity index is 536. The SMILES string of the molecule is Cn1nnnc1S(=O)(=O)N1CCCC(C2CC2)C1. The largest absolute Gasteiger partial charge is 0.282 e. The molecule has 2 aliphatic rings. The van der Waals surface area contributed by atoms with Gasteiger partial charge < -0.3 is 0 Å². The summed E-state index contributed by atoms with van der Waals surface area (Å²) in [5, 5.41) is 10.6. The Labute approximate surface area is 106 Å². The number of piperidine rings is 1. The number of sulfonamides is 1. The number of tetrazole rings is 1. The molecule has 100 valence electrons. The summed E-state index contributed by atoms with van der Waals surface area (Å²) in [6.45, 7) is 1.21. The first-order chi connectivity index (χ1) is 8.59. The van der Waals surface area contributed by atoms with E-state index in [0.29, 0.717) is 19.0 Å². The lowest BCUT2D eigenvalue weighted by molar-refractivity contribution is 0.243. The van der Waals surface area contributed by atoms with Crippen LogP contribution in [0, 0.1) is 11.8 Å². The normalized spacial score (nSPS) is 26.4. The Balaban J connectivity index is 1.82. The first-order valence-corrected chi connectivity index (χ1v) is 7.75. The molecule has 0 aromatic carbocycles. The molecule has 8 heteroatoms. The van der Waals surface area contributed by atoms with Gasteiger partial charge in [0.05, 0.1) is 0 Å². The summed E-state index contributed by atoms with van der Waals surface area (Å²) in [5.74, 6) is 1.26. The highest BCUT2D eigenvalue weighted by atomic mass is 32.2. The highest BCUT2D eigenvalue weighted by molar-refractivity contribution is 7.89. The highest BCUT2D eigenvalue weighted by Crippen LogP contribution is 2.41. The van der Waals surface area contributed by atoms with Gasteiger partial charge in [0.25, 0.3) is 15.2 Å². The second-order valence-corrected chi connectivity index (χ2v) is 7.02. The van der Waals surface area contributed by atoms with E-state index in [1.807, 2.05) is 0 Å². The van der Waals surface area contributed by atoms with Gasteiger partial charge >= 0.3 is 0 Å². The Hall–Kier alpha value is -1.02. The summed E-state index contributed by atoms with van der Waals surface area (Å²) in [6.07, 6.45) is 4.59. The molecule has 0 N–H and O–H groups in total. The standard InChI is InChI=1S/C10H17N5O2S/c1-14-10(11-12-13-14)18(16,17)15-6-2-3-9(7-15)8-4-5-8/h8-9H,2-7H2,1H3. The van der Waals surface area contributed by atoms with Gasteiger partial charge in [0.15, 0.2) is 0 Å². The lowest BCUT2D eigenvalue weighted by Crippen LogP contribution is -2.41.